The number of amidine groups is 2. The van der Waals surface area contributed by atoms with E-state index < -0.39 is 17.6 Å². The third kappa shape index (κ3) is 3.31. The summed E-state index contributed by atoms with van der Waals surface area (Å²) in [6, 6.07) is 1.65. The van der Waals surface area contributed by atoms with Gasteiger partial charge in [0.15, 0.2) is 11.7 Å². The van der Waals surface area contributed by atoms with Crippen LogP contribution >= 0.6 is 0 Å². The molecule has 144 valence electrons. The predicted molar refractivity (Wildman–Crippen MR) is 96.1 cm³/mol. The van der Waals surface area contributed by atoms with Crippen LogP contribution in [0.15, 0.2) is 34.4 Å². The van der Waals surface area contributed by atoms with Gasteiger partial charge in [0.1, 0.15) is 5.82 Å². The molecule has 1 atom stereocenters. The largest absolute Gasteiger partial charge is 0.419 e. The van der Waals surface area contributed by atoms with Crippen molar-refractivity contribution in [3.05, 3.63) is 35.8 Å². The van der Waals surface area contributed by atoms with E-state index in [1.807, 2.05) is 17.9 Å². The van der Waals surface area contributed by atoms with Crippen LogP contribution in [0.5, 0.6) is 0 Å². The number of hydrogen-bond donors (Lipinski definition) is 1. The van der Waals surface area contributed by atoms with Crippen LogP contribution < -0.4 is 10.2 Å². The first-order valence-corrected chi connectivity index (χ1v) is 8.84. The van der Waals surface area contributed by atoms with Crippen molar-refractivity contribution in [3.63, 3.8) is 0 Å². The summed E-state index contributed by atoms with van der Waals surface area (Å²) >= 11 is 0. The summed E-state index contributed by atoms with van der Waals surface area (Å²) in [6.07, 6.45) is -0.544. The van der Waals surface area contributed by atoms with Crippen LogP contribution in [0.1, 0.15) is 18.9 Å². The van der Waals surface area contributed by atoms with Gasteiger partial charge in [-0.15, -0.1) is 0 Å². The van der Waals surface area contributed by atoms with Gasteiger partial charge < -0.3 is 10.2 Å². The van der Waals surface area contributed by atoms with Crippen LogP contribution in [0.2, 0.25) is 0 Å². The highest BCUT2D eigenvalue weighted by Crippen LogP contribution is 2.41. The van der Waals surface area contributed by atoms with Crippen LogP contribution in [0.25, 0.3) is 0 Å². The summed E-state index contributed by atoms with van der Waals surface area (Å²) in [5.74, 6) is -0.246. The Balaban J connectivity index is 1.89. The summed E-state index contributed by atoms with van der Waals surface area (Å²) in [6.45, 7) is 4.87. The van der Waals surface area contributed by atoms with Crippen LogP contribution in [0.4, 0.5) is 28.9 Å². The molecule has 0 saturated carbocycles. The Morgan fingerprint density at radius 3 is 2.59 bits per heavy atom. The molecule has 1 N–H and O–H groups in total. The topological polar surface area (TPSA) is 43.2 Å². The van der Waals surface area contributed by atoms with Crippen molar-refractivity contribution < 1.29 is 17.6 Å². The van der Waals surface area contributed by atoms with Crippen molar-refractivity contribution >= 4 is 23.0 Å². The standard InChI is InChI=1S/C18H19F4N5/c1-11-3-2-6-27-15-9-12(18(20,21)22)13(19)10-14(15)25-16(17(27)24-11)26-7-4-23-5-8-26/h2,6,9-11,23H,3-5,7-8H2,1H3. The van der Waals surface area contributed by atoms with E-state index in [0.29, 0.717) is 31.2 Å². The smallest absolute Gasteiger partial charge is 0.351 e. The number of piperazine rings is 1. The molecule has 1 saturated heterocycles. The number of alkyl halides is 3. The second-order valence-electron chi connectivity index (χ2n) is 6.78. The number of hydrogen-bond acceptors (Lipinski definition) is 5. The van der Waals surface area contributed by atoms with E-state index in [4.69, 9.17) is 0 Å². The van der Waals surface area contributed by atoms with Crippen molar-refractivity contribution in [3.8, 4) is 0 Å². The number of anilines is 1. The molecule has 1 unspecified atom stereocenters. The summed E-state index contributed by atoms with van der Waals surface area (Å²) < 4.78 is 53.7. The van der Waals surface area contributed by atoms with Gasteiger partial charge in [0.05, 0.1) is 23.0 Å². The lowest BCUT2D eigenvalue weighted by molar-refractivity contribution is -0.139. The SMILES string of the molecule is CC1CC=CN2C(=N1)C(N1CCNCC1)=Nc1cc(F)c(C(F)(F)F)cc12. The average Bonchev–Trinajstić information content (AvgIpc) is 2.81. The third-order valence-electron chi connectivity index (χ3n) is 4.77. The molecule has 1 aromatic carbocycles. The molecule has 5 nitrogen and oxygen atoms in total. The maximum absolute atomic E-state index is 14.1. The van der Waals surface area contributed by atoms with Crippen LogP contribution in [-0.4, -0.2) is 48.8 Å². The molecule has 0 radical (unpaired) electrons. The number of rotatable bonds is 0. The molecule has 3 aliphatic rings. The van der Waals surface area contributed by atoms with Crippen molar-refractivity contribution in [2.24, 2.45) is 9.98 Å². The number of benzene rings is 1. The van der Waals surface area contributed by atoms with Crippen molar-refractivity contribution in [1.82, 2.24) is 10.2 Å². The molecule has 27 heavy (non-hydrogen) atoms. The Bertz CT molecular complexity index is 837. The van der Waals surface area contributed by atoms with E-state index in [9.17, 15) is 17.6 Å². The lowest BCUT2D eigenvalue weighted by Crippen LogP contribution is -2.52. The first-order chi connectivity index (χ1) is 12.8. The molecular weight excluding hydrogens is 362 g/mol. The number of nitrogens with zero attached hydrogens (tertiary/aromatic N) is 4. The molecule has 1 fully saturated rings. The fraction of sp³-hybridized carbons (Fsp3) is 0.444. The Morgan fingerprint density at radius 1 is 1.15 bits per heavy atom. The Labute approximate surface area is 154 Å². The predicted octanol–water partition coefficient (Wildman–Crippen LogP) is 3.30. The average molecular weight is 381 g/mol. The third-order valence-corrected chi connectivity index (χ3v) is 4.77. The zero-order chi connectivity index (χ0) is 19.2. The van der Waals surface area contributed by atoms with Gasteiger partial charge in [0, 0.05) is 38.4 Å². The van der Waals surface area contributed by atoms with Gasteiger partial charge in [-0.1, -0.05) is 6.08 Å². The van der Waals surface area contributed by atoms with Crippen LogP contribution in [0.3, 0.4) is 0 Å². The zero-order valence-electron chi connectivity index (χ0n) is 14.7. The maximum atomic E-state index is 14.1. The summed E-state index contributed by atoms with van der Waals surface area (Å²) in [4.78, 5) is 12.8. The fourth-order valence-corrected chi connectivity index (χ4v) is 3.42. The number of fused-ring (bicyclic) bond motifs is 3. The number of halogens is 4. The van der Waals surface area contributed by atoms with Gasteiger partial charge in [0.25, 0.3) is 0 Å². The van der Waals surface area contributed by atoms with Crippen molar-refractivity contribution in [1.29, 1.82) is 0 Å². The van der Waals surface area contributed by atoms with Gasteiger partial charge in [-0.05, 0) is 19.4 Å². The van der Waals surface area contributed by atoms with E-state index >= 15 is 0 Å². The van der Waals surface area contributed by atoms with Gasteiger partial charge in [-0.25, -0.2) is 9.38 Å². The molecule has 0 bridgehead atoms. The van der Waals surface area contributed by atoms with Crippen molar-refractivity contribution in [2.45, 2.75) is 25.6 Å². The normalized spacial score (nSPS) is 22.6. The molecular formula is C18H19F4N5. The van der Waals surface area contributed by atoms with Crippen molar-refractivity contribution in [2.75, 3.05) is 31.1 Å². The van der Waals surface area contributed by atoms with E-state index in [2.05, 4.69) is 15.3 Å². The van der Waals surface area contributed by atoms with E-state index in [1.165, 1.54) is 0 Å². The molecule has 9 heteroatoms. The Hall–Kier alpha value is -2.42. The quantitative estimate of drug-likeness (QED) is 0.702. The van der Waals surface area contributed by atoms with Gasteiger partial charge in [0.2, 0.25) is 0 Å². The minimum Gasteiger partial charge on any atom is -0.351 e. The molecule has 3 aliphatic heterocycles. The minimum atomic E-state index is -4.78. The minimum absolute atomic E-state index is 0.0292. The highest BCUT2D eigenvalue weighted by molar-refractivity contribution is 6.47. The molecule has 0 aliphatic carbocycles. The van der Waals surface area contributed by atoms with Crippen LogP contribution in [-0.2, 0) is 6.18 Å². The summed E-state index contributed by atoms with van der Waals surface area (Å²) in [5, 5.41) is 3.25. The van der Waals surface area contributed by atoms with E-state index in [0.717, 1.165) is 25.2 Å². The van der Waals surface area contributed by atoms with Crippen LogP contribution in [0, 0.1) is 5.82 Å². The monoisotopic (exact) mass is 381 g/mol. The molecule has 4 rings (SSSR count). The van der Waals surface area contributed by atoms with Gasteiger partial charge in [-0.3, -0.25) is 9.89 Å². The van der Waals surface area contributed by atoms with E-state index in [-0.39, 0.29) is 17.4 Å². The lowest BCUT2D eigenvalue weighted by atomic mass is 10.1. The molecule has 1 aromatic rings. The lowest BCUT2D eigenvalue weighted by Gasteiger charge is -2.36. The maximum Gasteiger partial charge on any atom is 0.419 e. The zero-order valence-corrected chi connectivity index (χ0v) is 14.7. The second kappa shape index (κ2) is 6.63. The molecule has 0 aromatic heterocycles. The second-order valence-corrected chi connectivity index (χ2v) is 6.78. The first kappa shape index (κ1) is 18.0. The Kier molecular flexibility index (Phi) is 4.41. The van der Waals surface area contributed by atoms with E-state index in [1.54, 1.807) is 11.1 Å². The summed E-state index contributed by atoms with van der Waals surface area (Å²) in [5.41, 5.74) is -0.939. The summed E-state index contributed by atoms with van der Waals surface area (Å²) in [7, 11) is 0. The highest BCUT2D eigenvalue weighted by Gasteiger charge is 2.38. The van der Waals surface area contributed by atoms with Gasteiger partial charge in [-0.2, -0.15) is 13.2 Å². The number of aliphatic imine (C=N–C) groups is 2. The van der Waals surface area contributed by atoms with Gasteiger partial charge >= 0.3 is 6.18 Å². The molecule has 0 spiro atoms. The Morgan fingerprint density at radius 2 is 1.89 bits per heavy atom. The number of nitrogens with one attached hydrogen (secondary N) is 1. The molecule has 3 heterocycles. The highest BCUT2D eigenvalue weighted by atomic mass is 19.4. The molecule has 0 amide bonds. The first-order valence-electron chi connectivity index (χ1n) is 8.84. The fourth-order valence-electron chi connectivity index (χ4n) is 3.42.